The largest absolute Gasteiger partial charge is 0.388 e. The fourth-order valence-electron chi connectivity index (χ4n) is 8.07. The van der Waals surface area contributed by atoms with E-state index in [1.165, 1.54) is 6.20 Å². The maximum atomic E-state index is 12.6. The Morgan fingerprint density at radius 2 is 1.22 bits per heavy atom. The van der Waals surface area contributed by atoms with Gasteiger partial charge in [-0.15, -0.1) is 0 Å². The molecule has 2 aliphatic heterocycles. The van der Waals surface area contributed by atoms with Crippen molar-refractivity contribution in [3.63, 3.8) is 0 Å². The number of para-hydroxylation sites is 2. The number of piperazine rings is 2. The molecule has 0 amide bonds. The van der Waals surface area contributed by atoms with E-state index in [2.05, 4.69) is 53.6 Å². The molecule has 4 aromatic carbocycles. The van der Waals surface area contributed by atoms with Crippen LogP contribution in [0.3, 0.4) is 0 Å². The third-order valence-electron chi connectivity index (χ3n) is 11.8. The highest BCUT2D eigenvalue weighted by Gasteiger charge is 2.33. The Balaban J connectivity index is 0.000000178. The number of Topliss-reactive ketones (excluding diaryl/α,β-unsaturated/α-hetero) is 2. The minimum Gasteiger partial charge on any atom is -0.388 e. The van der Waals surface area contributed by atoms with Gasteiger partial charge in [-0.3, -0.25) is 19.3 Å². The summed E-state index contributed by atoms with van der Waals surface area (Å²) in [5, 5.41) is 39.4. The van der Waals surface area contributed by atoms with Crippen LogP contribution >= 0.6 is 0 Å². The Kier molecular flexibility index (Phi) is 17.0. The number of ketones is 2. The van der Waals surface area contributed by atoms with Crippen molar-refractivity contribution >= 4 is 29.2 Å². The lowest BCUT2D eigenvalue weighted by Gasteiger charge is -2.42. The van der Waals surface area contributed by atoms with Gasteiger partial charge in [-0.05, 0) is 73.5 Å². The first-order chi connectivity index (χ1) is 31.7. The van der Waals surface area contributed by atoms with Crippen molar-refractivity contribution < 1.29 is 24.6 Å². The first-order valence-corrected chi connectivity index (χ1v) is 21.5. The molecule has 15 heteroatoms. The van der Waals surface area contributed by atoms with Crippen LogP contribution in [0.15, 0.2) is 134 Å². The Morgan fingerprint density at radius 3 is 1.75 bits per heavy atom. The maximum Gasteiger partial charge on any atom is 0.181 e. The summed E-state index contributed by atoms with van der Waals surface area (Å²) in [6.07, 6.45) is 7.65. The molecule has 0 saturated carbocycles. The second kappa shape index (κ2) is 23.4. The molecule has 3 N–H and O–H groups in total. The molecule has 4 heterocycles. The lowest BCUT2D eigenvalue weighted by molar-refractivity contribution is -0.124. The van der Waals surface area contributed by atoms with E-state index in [0.717, 1.165) is 54.1 Å². The molecular formula is C50H54N10O5. The molecule has 2 saturated heterocycles. The fraction of sp³-hybridized carbons (Fsp3) is 0.300. The van der Waals surface area contributed by atoms with Crippen molar-refractivity contribution in [2.75, 3.05) is 62.3 Å². The van der Waals surface area contributed by atoms with Crippen LogP contribution in [0.2, 0.25) is 0 Å². The van der Waals surface area contributed by atoms with Crippen molar-refractivity contribution in [1.82, 2.24) is 29.3 Å². The molecule has 0 bridgehead atoms. The van der Waals surface area contributed by atoms with Crippen LogP contribution < -0.4 is 15.1 Å². The number of aromatic nitrogens is 4. The molecule has 15 nitrogen and oxygen atoms in total. The van der Waals surface area contributed by atoms with E-state index >= 15 is 0 Å². The molecule has 4 atom stereocenters. The smallest absolute Gasteiger partial charge is 0.181 e. The van der Waals surface area contributed by atoms with Gasteiger partial charge >= 0.3 is 0 Å². The summed E-state index contributed by atoms with van der Waals surface area (Å²) in [5.41, 5.74) is 7.04. The van der Waals surface area contributed by atoms with E-state index in [1.807, 2.05) is 117 Å². The van der Waals surface area contributed by atoms with Gasteiger partial charge in [0.2, 0.25) is 0 Å². The lowest BCUT2D eigenvalue weighted by Crippen LogP contribution is -2.57. The number of nitrogens with one attached hydrogen (secondary N) is 1. The van der Waals surface area contributed by atoms with Gasteiger partial charge in [0.05, 0.1) is 59.9 Å². The molecule has 2 fully saturated rings. The number of nitriles is 2. The SMILES string of the molecule is C[C@H](c1ccc(C#N)cc1)n1cncc1C=O.C[C@H](c1ccc(C#N)cc1)n1cncc1CN1CCN(c2ccccc2)C(C(=O)CO)C1.O=C(CO)C1CNCCN1c1ccccc1. The summed E-state index contributed by atoms with van der Waals surface area (Å²) < 4.78 is 3.93. The highest BCUT2D eigenvalue weighted by molar-refractivity contribution is 5.89. The van der Waals surface area contributed by atoms with Gasteiger partial charge in [0.15, 0.2) is 17.9 Å². The van der Waals surface area contributed by atoms with E-state index in [4.69, 9.17) is 15.6 Å². The number of hydrogen-bond acceptors (Lipinski definition) is 13. The third kappa shape index (κ3) is 12.1. The van der Waals surface area contributed by atoms with Gasteiger partial charge in [-0.25, -0.2) is 9.97 Å². The predicted octanol–water partition coefficient (Wildman–Crippen LogP) is 4.82. The minimum absolute atomic E-state index is 0.0189. The molecule has 65 heavy (non-hydrogen) atoms. The number of carbonyl (C=O) groups excluding carboxylic acids is 3. The van der Waals surface area contributed by atoms with Crippen molar-refractivity contribution in [2.45, 2.75) is 44.6 Å². The van der Waals surface area contributed by atoms with Gasteiger partial charge < -0.3 is 34.5 Å². The standard InChI is InChI=1S/C25H27N5O2.C13H11N3O.C12H16N2O2/c1-19(21-9-7-20(13-26)8-10-21)30-18-27-14-23(30)15-28-11-12-29(22-5-3-2-4-6-22)24(16-28)25(32)17-31;1-10(16-9-15-7-13(16)8-17)12-4-2-11(6-14)3-5-12;15-9-12(16)11-8-13-6-7-14(11)10-4-2-1-3-5-10/h2-10,14,18-19,24,31H,11-12,15-17H2,1H3;2-5,7-10H,1H3;1-5,11,13,15H,6-9H2/t19-,24?;10-;/m11./s1. The van der Waals surface area contributed by atoms with Crippen LogP contribution in [0.4, 0.5) is 11.4 Å². The Labute approximate surface area is 379 Å². The summed E-state index contributed by atoms with van der Waals surface area (Å²) >= 11 is 0. The van der Waals surface area contributed by atoms with Crippen LogP contribution in [0.1, 0.15) is 64.4 Å². The monoisotopic (exact) mass is 874 g/mol. The predicted molar refractivity (Wildman–Crippen MR) is 247 cm³/mol. The Morgan fingerprint density at radius 1 is 0.708 bits per heavy atom. The van der Waals surface area contributed by atoms with Gasteiger partial charge in [-0.1, -0.05) is 60.7 Å². The number of aliphatic hydroxyl groups excluding tert-OH is 2. The number of benzene rings is 4. The Hall–Kier alpha value is -7.27. The lowest BCUT2D eigenvalue weighted by atomic mass is 10.1. The molecule has 334 valence electrons. The maximum absolute atomic E-state index is 12.6. The molecule has 8 rings (SSSR count). The molecule has 0 radical (unpaired) electrons. The number of aliphatic hydroxyl groups is 2. The second-order valence-corrected chi connectivity index (χ2v) is 15.7. The molecule has 0 aliphatic carbocycles. The average Bonchev–Trinajstić information content (AvgIpc) is 4.06. The van der Waals surface area contributed by atoms with Crippen molar-refractivity contribution in [3.05, 3.63) is 168 Å². The summed E-state index contributed by atoms with van der Waals surface area (Å²) in [6.45, 7) is 8.22. The van der Waals surface area contributed by atoms with Crippen LogP contribution in [0.25, 0.3) is 0 Å². The number of imidazole rings is 2. The van der Waals surface area contributed by atoms with Crippen molar-refractivity contribution in [3.8, 4) is 12.1 Å². The summed E-state index contributed by atoms with van der Waals surface area (Å²) in [4.78, 5) is 49.7. The molecule has 2 unspecified atom stereocenters. The van der Waals surface area contributed by atoms with Crippen LogP contribution in [-0.2, 0) is 16.1 Å². The molecule has 6 aromatic rings. The van der Waals surface area contributed by atoms with Crippen molar-refractivity contribution in [2.24, 2.45) is 0 Å². The van der Waals surface area contributed by atoms with Crippen molar-refractivity contribution in [1.29, 1.82) is 10.5 Å². The van der Waals surface area contributed by atoms with Gasteiger partial charge in [0.25, 0.3) is 0 Å². The van der Waals surface area contributed by atoms with Gasteiger partial charge in [0.1, 0.15) is 31.0 Å². The number of rotatable bonds is 13. The van der Waals surface area contributed by atoms with E-state index in [-0.39, 0.29) is 35.7 Å². The minimum atomic E-state index is -0.463. The van der Waals surface area contributed by atoms with E-state index < -0.39 is 13.2 Å². The fourth-order valence-corrected chi connectivity index (χ4v) is 8.07. The molecule has 0 spiro atoms. The topological polar surface area (TPSA) is 197 Å². The zero-order chi connectivity index (χ0) is 46.1. The molecule has 2 aliphatic rings. The summed E-state index contributed by atoms with van der Waals surface area (Å²) in [7, 11) is 0. The second-order valence-electron chi connectivity index (χ2n) is 15.7. The van der Waals surface area contributed by atoms with Crippen LogP contribution in [-0.4, -0.2) is 117 Å². The third-order valence-corrected chi connectivity index (χ3v) is 11.8. The number of aldehydes is 1. The first-order valence-electron chi connectivity index (χ1n) is 21.5. The van der Waals surface area contributed by atoms with Crippen LogP contribution in [0, 0.1) is 22.7 Å². The van der Waals surface area contributed by atoms with E-state index in [9.17, 15) is 19.5 Å². The zero-order valence-electron chi connectivity index (χ0n) is 36.6. The number of nitrogens with zero attached hydrogens (tertiary/aromatic N) is 9. The van der Waals surface area contributed by atoms with E-state index in [0.29, 0.717) is 43.0 Å². The summed E-state index contributed by atoms with van der Waals surface area (Å²) in [6, 6.07) is 38.3. The highest BCUT2D eigenvalue weighted by atomic mass is 16.3. The normalized spacial score (nSPS) is 16.9. The zero-order valence-corrected chi connectivity index (χ0v) is 36.6. The average molecular weight is 875 g/mol. The Bertz CT molecular complexity index is 2530. The number of hydrogen-bond donors (Lipinski definition) is 3. The van der Waals surface area contributed by atoms with Crippen LogP contribution in [0.5, 0.6) is 0 Å². The molecule has 2 aromatic heterocycles. The first kappa shape index (κ1) is 47.2. The number of carbonyl (C=O) groups is 3. The summed E-state index contributed by atoms with van der Waals surface area (Å²) in [5.74, 6) is -0.297. The van der Waals surface area contributed by atoms with Gasteiger partial charge in [0, 0.05) is 63.4 Å². The van der Waals surface area contributed by atoms with E-state index in [1.54, 1.807) is 23.0 Å². The highest BCUT2D eigenvalue weighted by Crippen LogP contribution is 2.25. The number of anilines is 2. The van der Waals surface area contributed by atoms with Gasteiger partial charge in [-0.2, -0.15) is 10.5 Å². The molecular weight excluding hydrogens is 821 g/mol. The quantitative estimate of drug-likeness (QED) is 0.134.